The monoisotopic (exact) mass is 634 g/mol. The van der Waals surface area contributed by atoms with Crippen molar-refractivity contribution in [3.05, 3.63) is 0 Å². The molecule has 0 aliphatic rings. The van der Waals surface area contributed by atoms with E-state index in [4.69, 9.17) is 13.3 Å². The Morgan fingerprint density at radius 3 is 1.37 bits per heavy atom. The van der Waals surface area contributed by atoms with Crippen LogP contribution in [0.4, 0.5) is 65.9 Å². The third kappa shape index (κ3) is 7.77. The Bertz CT molecular complexity index is 689. The summed E-state index contributed by atoms with van der Waals surface area (Å²) in [5, 5.41) is 0. The number of thioether (sulfide) groups is 1. The van der Waals surface area contributed by atoms with E-state index in [-0.39, 0.29) is 19.8 Å². The topological polar surface area (TPSA) is 27.7 Å². The molecule has 0 heterocycles. The van der Waals surface area contributed by atoms with Gasteiger partial charge in [0.1, 0.15) is 0 Å². The summed E-state index contributed by atoms with van der Waals surface area (Å²) in [6.07, 6.45) is -23.9. The summed E-state index contributed by atoms with van der Waals surface area (Å²) in [7, 11) is -3.69. The molecule has 0 radical (unpaired) electrons. The molecule has 230 valence electrons. The third-order valence-electron chi connectivity index (χ3n) is 4.76. The molecule has 5 atom stereocenters. The van der Waals surface area contributed by atoms with Crippen molar-refractivity contribution in [3.8, 4) is 0 Å². The van der Waals surface area contributed by atoms with Gasteiger partial charge in [0, 0.05) is 31.6 Å². The molecule has 0 aromatic rings. The lowest BCUT2D eigenvalue weighted by molar-refractivity contribution is -0.382. The first-order valence-corrected chi connectivity index (χ1v) is 13.7. The molecule has 5 unspecified atom stereocenters. The molecule has 0 amide bonds. The zero-order valence-electron chi connectivity index (χ0n) is 19.8. The van der Waals surface area contributed by atoms with Crippen molar-refractivity contribution in [2.45, 2.75) is 87.1 Å². The molecule has 0 saturated carbocycles. The van der Waals surface area contributed by atoms with Crippen LogP contribution in [0.5, 0.6) is 0 Å². The lowest BCUT2D eigenvalue weighted by Crippen LogP contribution is -2.68. The van der Waals surface area contributed by atoms with Gasteiger partial charge in [0.05, 0.1) is 0 Å². The molecular weight excluding hydrogens is 609 g/mol. The molecule has 38 heavy (non-hydrogen) atoms. The van der Waals surface area contributed by atoms with E-state index in [1.54, 1.807) is 0 Å². The van der Waals surface area contributed by atoms with E-state index in [1.165, 1.54) is 20.8 Å². The van der Waals surface area contributed by atoms with E-state index >= 15 is 0 Å². The van der Waals surface area contributed by atoms with E-state index in [1.807, 2.05) is 0 Å². The van der Waals surface area contributed by atoms with Gasteiger partial charge in [0.15, 0.2) is 18.5 Å². The van der Waals surface area contributed by atoms with Gasteiger partial charge in [-0.3, -0.25) is 0 Å². The summed E-state index contributed by atoms with van der Waals surface area (Å²) in [4.78, 5) is 0. The zero-order chi connectivity index (χ0) is 30.3. The molecule has 0 bridgehead atoms. The van der Waals surface area contributed by atoms with Crippen LogP contribution in [0.25, 0.3) is 0 Å². The van der Waals surface area contributed by atoms with Crippen molar-refractivity contribution < 1.29 is 79.1 Å². The van der Waals surface area contributed by atoms with Crippen LogP contribution in [0.15, 0.2) is 0 Å². The molecule has 0 spiro atoms. The number of hydrogen-bond acceptors (Lipinski definition) is 4. The van der Waals surface area contributed by atoms with Gasteiger partial charge in [-0.15, -0.1) is 11.8 Å². The second-order valence-corrected chi connectivity index (χ2v) is 11.3. The van der Waals surface area contributed by atoms with Crippen LogP contribution in [0, 0.1) is 0 Å². The number of hydrogen-bond donors (Lipinski definition) is 0. The maximum absolute atomic E-state index is 14.1. The van der Waals surface area contributed by atoms with Crippen molar-refractivity contribution in [1.82, 2.24) is 0 Å². The van der Waals surface area contributed by atoms with Crippen molar-refractivity contribution in [1.29, 1.82) is 0 Å². The quantitative estimate of drug-likeness (QED) is 0.111. The highest BCUT2D eigenvalue weighted by Gasteiger charge is 2.84. The summed E-state index contributed by atoms with van der Waals surface area (Å²) < 4.78 is 219. The Balaban J connectivity index is 5.87. The maximum Gasteiger partial charge on any atom is 0.501 e. The molecule has 0 saturated heterocycles. The average Bonchev–Trinajstić information content (AvgIpc) is 2.81. The first-order valence-electron chi connectivity index (χ1n) is 10.7. The Hall–Kier alpha value is -0.603. The predicted octanol–water partition coefficient (Wildman–Crippen LogP) is 7.22. The highest BCUT2D eigenvalue weighted by Crippen LogP contribution is 2.57. The molecule has 0 fully saturated rings. The van der Waals surface area contributed by atoms with Gasteiger partial charge in [0.2, 0.25) is 11.7 Å². The zero-order valence-corrected chi connectivity index (χ0v) is 21.6. The number of alkyl halides is 15. The van der Waals surface area contributed by atoms with Gasteiger partial charge >= 0.3 is 32.5 Å². The van der Waals surface area contributed by atoms with Crippen LogP contribution in [0.3, 0.4) is 0 Å². The SMILES string of the molecule is CCO[Si](CCSC(F)C(F)(F)C(F)(F)C(F)(F)C(F)(F)C(F)C(F)C(F)C(F)C(F)F)(OCC)OCC. The summed E-state index contributed by atoms with van der Waals surface area (Å²) in [6, 6.07) is -0.537. The highest BCUT2D eigenvalue weighted by atomic mass is 32.2. The predicted molar refractivity (Wildman–Crippen MR) is 108 cm³/mol. The third-order valence-corrected chi connectivity index (χ3v) is 9.20. The lowest BCUT2D eigenvalue weighted by Gasteiger charge is -2.39. The van der Waals surface area contributed by atoms with Crippen LogP contribution >= 0.6 is 11.8 Å². The summed E-state index contributed by atoms with van der Waals surface area (Å²) in [5.41, 5.74) is -4.36. The van der Waals surface area contributed by atoms with E-state index in [9.17, 15) is 65.9 Å². The van der Waals surface area contributed by atoms with E-state index in [2.05, 4.69) is 0 Å². The Morgan fingerprint density at radius 1 is 0.605 bits per heavy atom. The molecule has 0 N–H and O–H groups in total. The van der Waals surface area contributed by atoms with Gasteiger partial charge in [-0.05, 0) is 20.8 Å². The van der Waals surface area contributed by atoms with Gasteiger partial charge in [-0.25, -0.2) is 30.7 Å². The van der Waals surface area contributed by atoms with E-state index in [0.717, 1.165) is 0 Å². The first-order chi connectivity index (χ1) is 17.1. The average molecular weight is 635 g/mol. The summed E-state index contributed by atoms with van der Waals surface area (Å²) >= 11 is -0.773. The Kier molecular flexibility index (Phi) is 14.1. The van der Waals surface area contributed by atoms with Gasteiger partial charge in [0.25, 0.3) is 6.43 Å². The smallest absolute Gasteiger partial charge is 0.374 e. The van der Waals surface area contributed by atoms with Gasteiger partial charge in [-0.1, -0.05) is 0 Å². The molecule has 0 aromatic heterocycles. The summed E-state index contributed by atoms with van der Waals surface area (Å²) in [5.74, 6) is -30.0. The fourth-order valence-electron chi connectivity index (χ4n) is 2.80. The standard InChI is InChI=1S/C18H25F15O3SSi/c1-4-34-38(35-5-2,36-6-3)8-7-37-14(25)16(28,29)18(32,33)17(30,31)15(26,27)12(22)10(20)9(19)11(21)13(23)24/h9-14H,4-8H2,1-3H3. The lowest BCUT2D eigenvalue weighted by atomic mass is 9.92. The number of halogens is 15. The highest BCUT2D eigenvalue weighted by molar-refractivity contribution is 7.99. The summed E-state index contributed by atoms with van der Waals surface area (Å²) in [6.45, 7) is 4.17. The van der Waals surface area contributed by atoms with Crippen molar-refractivity contribution in [3.63, 3.8) is 0 Å². The molecular formula is C18H25F15O3SSi. The minimum absolute atomic E-state index is 0.0638. The molecule has 0 aliphatic heterocycles. The second kappa shape index (κ2) is 14.3. The van der Waals surface area contributed by atoms with E-state index in [0.29, 0.717) is 0 Å². The first kappa shape index (κ1) is 37.4. The largest absolute Gasteiger partial charge is 0.501 e. The molecule has 3 nitrogen and oxygen atoms in total. The second-order valence-electron chi connectivity index (χ2n) is 7.38. The van der Waals surface area contributed by atoms with Crippen LogP contribution in [-0.2, 0) is 13.3 Å². The van der Waals surface area contributed by atoms with Crippen molar-refractivity contribution in [2.75, 3.05) is 25.6 Å². The van der Waals surface area contributed by atoms with Gasteiger partial charge in [-0.2, -0.15) is 35.1 Å². The fraction of sp³-hybridized carbons (Fsp3) is 1.00. The molecule has 20 heteroatoms. The Morgan fingerprint density at radius 2 is 1.00 bits per heavy atom. The van der Waals surface area contributed by atoms with Crippen LogP contribution in [0.1, 0.15) is 20.8 Å². The normalized spacial score (nSPS) is 18.4. The Labute approximate surface area is 213 Å². The fourth-order valence-corrected chi connectivity index (χ4v) is 6.84. The number of rotatable bonds is 19. The van der Waals surface area contributed by atoms with Crippen LogP contribution < -0.4 is 0 Å². The maximum atomic E-state index is 14.1. The molecule has 0 aliphatic carbocycles. The minimum atomic E-state index is -7.63. The van der Waals surface area contributed by atoms with Gasteiger partial charge < -0.3 is 13.3 Å². The van der Waals surface area contributed by atoms with Crippen LogP contribution in [0.2, 0.25) is 6.04 Å². The van der Waals surface area contributed by atoms with Crippen molar-refractivity contribution in [2.24, 2.45) is 0 Å². The molecule has 0 rings (SSSR count). The van der Waals surface area contributed by atoms with Crippen molar-refractivity contribution >= 4 is 20.6 Å². The minimum Gasteiger partial charge on any atom is -0.374 e. The van der Waals surface area contributed by atoms with Crippen LogP contribution in [-0.4, -0.2) is 94.7 Å². The molecule has 0 aromatic carbocycles. The van der Waals surface area contributed by atoms with E-state index < -0.39 is 92.7 Å².